The molecule has 54 heavy (non-hydrogen) atoms. The summed E-state index contributed by atoms with van der Waals surface area (Å²) in [5.74, 6) is -0.334. The van der Waals surface area contributed by atoms with Crippen molar-refractivity contribution in [1.82, 2.24) is 5.32 Å². The summed E-state index contributed by atoms with van der Waals surface area (Å²) in [4.78, 5) is 12.4. The van der Waals surface area contributed by atoms with Crippen LogP contribution in [0.4, 0.5) is 0 Å². The van der Waals surface area contributed by atoms with E-state index in [9.17, 15) is 20.1 Å². The number of nitrogens with one attached hydrogen (secondary N) is 1. The van der Waals surface area contributed by atoms with Crippen LogP contribution in [-0.4, -0.2) is 46.1 Å². The van der Waals surface area contributed by atoms with E-state index in [0.29, 0.717) is 6.42 Å². The highest BCUT2D eigenvalue weighted by Gasteiger charge is 2.20. The molecule has 0 aliphatic heterocycles. The first-order chi connectivity index (χ1) is 26.5. The molecule has 0 aromatic heterocycles. The van der Waals surface area contributed by atoms with Crippen LogP contribution in [0, 0.1) is 0 Å². The van der Waals surface area contributed by atoms with Gasteiger partial charge in [0, 0.05) is 0 Å². The summed E-state index contributed by atoms with van der Waals surface area (Å²) in [6.07, 6.45) is 58.2. The zero-order valence-electron chi connectivity index (χ0n) is 35.6. The van der Waals surface area contributed by atoms with Crippen molar-refractivity contribution in [1.29, 1.82) is 0 Å². The lowest BCUT2D eigenvalue weighted by Gasteiger charge is -2.21. The van der Waals surface area contributed by atoms with Crippen LogP contribution in [0.15, 0.2) is 60.8 Å². The topological polar surface area (TPSA) is 89.8 Å². The molecule has 0 saturated carbocycles. The van der Waals surface area contributed by atoms with E-state index >= 15 is 0 Å². The molecule has 0 aromatic rings. The number of hydrogen-bond acceptors (Lipinski definition) is 4. The van der Waals surface area contributed by atoms with E-state index < -0.39 is 18.2 Å². The maximum atomic E-state index is 12.4. The lowest BCUT2D eigenvalue weighted by molar-refractivity contribution is -0.124. The number of unbranched alkanes of at least 4 members (excludes halogenated alkanes) is 24. The molecule has 0 bridgehead atoms. The number of aliphatic hydroxyl groups excluding tert-OH is 3. The van der Waals surface area contributed by atoms with Crippen molar-refractivity contribution < 1.29 is 20.1 Å². The highest BCUT2D eigenvalue weighted by atomic mass is 16.3. The zero-order valence-corrected chi connectivity index (χ0v) is 35.6. The largest absolute Gasteiger partial charge is 0.394 e. The van der Waals surface area contributed by atoms with Crippen molar-refractivity contribution in [3.63, 3.8) is 0 Å². The molecule has 0 saturated heterocycles. The lowest BCUT2D eigenvalue weighted by atomic mass is 10.0. The maximum absolute atomic E-state index is 12.4. The Morgan fingerprint density at radius 1 is 0.500 bits per heavy atom. The van der Waals surface area contributed by atoms with E-state index in [1.807, 2.05) is 6.08 Å². The number of allylic oxidation sites excluding steroid dienone is 9. The van der Waals surface area contributed by atoms with E-state index in [-0.39, 0.29) is 18.9 Å². The second-order valence-electron chi connectivity index (χ2n) is 15.6. The minimum atomic E-state index is -0.959. The van der Waals surface area contributed by atoms with Crippen LogP contribution >= 0.6 is 0 Å². The van der Waals surface area contributed by atoms with Gasteiger partial charge in [-0.2, -0.15) is 0 Å². The predicted octanol–water partition coefficient (Wildman–Crippen LogP) is 13.5. The Kier molecular flexibility index (Phi) is 42.2. The molecular weight excluding hydrogens is 667 g/mol. The van der Waals surface area contributed by atoms with E-state index in [4.69, 9.17) is 0 Å². The molecule has 0 aliphatic rings. The van der Waals surface area contributed by atoms with Crippen molar-refractivity contribution in [2.24, 2.45) is 0 Å². The summed E-state index contributed by atoms with van der Waals surface area (Å²) in [5.41, 5.74) is 0. The second kappa shape index (κ2) is 43.8. The first kappa shape index (κ1) is 52.0. The van der Waals surface area contributed by atoms with Crippen molar-refractivity contribution in [2.75, 3.05) is 6.61 Å². The van der Waals surface area contributed by atoms with Gasteiger partial charge in [0.1, 0.15) is 0 Å². The van der Waals surface area contributed by atoms with E-state index in [1.54, 1.807) is 6.08 Å². The fraction of sp³-hybridized carbons (Fsp3) is 0.776. The molecule has 0 fully saturated rings. The quantitative estimate of drug-likeness (QED) is 0.0369. The molecule has 3 atom stereocenters. The number of carbonyl (C=O) groups excluding carboxylic acids is 1. The van der Waals surface area contributed by atoms with Crippen molar-refractivity contribution in [2.45, 2.75) is 238 Å². The van der Waals surface area contributed by atoms with Crippen molar-refractivity contribution in [3.05, 3.63) is 60.8 Å². The fourth-order valence-corrected chi connectivity index (χ4v) is 6.76. The summed E-state index contributed by atoms with van der Waals surface area (Å²) >= 11 is 0. The highest BCUT2D eigenvalue weighted by Crippen LogP contribution is 2.15. The second-order valence-corrected chi connectivity index (χ2v) is 15.6. The van der Waals surface area contributed by atoms with Gasteiger partial charge in [-0.25, -0.2) is 0 Å². The van der Waals surface area contributed by atoms with Gasteiger partial charge in [0.25, 0.3) is 0 Å². The van der Waals surface area contributed by atoms with Crippen molar-refractivity contribution in [3.8, 4) is 0 Å². The monoisotopic (exact) mass is 756 g/mol. The van der Waals surface area contributed by atoms with E-state index in [1.165, 1.54) is 141 Å². The van der Waals surface area contributed by atoms with Gasteiger partial charge in [-0.3, -0.25) is 4.79 Å². The average Bonchev–Trinajstić information content (AvgIpc) is 3.16. The Labute approximate surface area is 335 Å². The van der Waals surface area contributed by atoms with Crippen LogP contribution in [0.2, 0.25) is 0 Å². The summed E-state index contributed by atoms with van der Waals surface area (Å²) in [7, 11) is 0. The van der Waals surface area contributed by atoms with Gasteiger partial charge in [0.15, 0.2) is 0 Å². The predicted molar refractivity (Wildman–Crippen MR) is 236 cm³/mol. The molecule has 0 aliphatic carbocycles. The molecule has 1 amide bonds. The van der Waals surface area contributed by atoms with Gasteiger partial charge in [0.05, 0.1) is 31.3 Å². The Balaban J connectivity index is 3.57. The molecular formula is C49H89NO4. The molecule has 5 nitrogen and oxygen atoms in total. The summed E-state index contributed by atoms with van der Waals surface area (Å²) in [5, 5.41) is 33.1. The smallest absolute Gasteiger partial charge is 0.222 e. The third-order valence-corrected chi connectivity index (χ3v) is 10.3. The number of amides is 1. The third kappa shape index (κ3) is 39.7. The van der Waals surface area contributed by atoms with Gasteiger partial charge in [-0.15, -0.1) is 0 Å². The maximum Gasteiger partial charge on any atom is 0.222 e. The zero-order chi connectivity index (χ0) is 39.4. The van der Waals surface area contributed by atoms with Crippen LogP contribution in [0.1, 0.15) is 219 Å². The number of aliphatic hydroxyl groups is 3. The Morgan fingerprint density at radius 3 is 1.37 bits per heavy atom. The Bertz CT molecular complexity index is 923. The van der Waals surface area contributed by atoms with Gasteiger partial charge >= 0.3 is 0 Å². The molecule has 0 rings (SSSR count). The molecule has 0 spiro atoms. The van der Waals surface area contributed by atoms with Crippen molar-refractivity contribution >= 4 is 5.91 Å². The summed E-state index contributed by atoms with van der Waals surface area (Å²) in [6, 6.07) is -0.767. The number of rotatable bonds is 41. The molecule has 3 unspecified atom stereocenters. The standard InChI is InChI=1S/C49H89NO4/c1-3-5-7-9-11-13-15-16-17-18-19-20-21-22-23-24-25-26-27-28-29-30-31-32-33-34-36-38-40-42-46(52)44-49(54)50-47(45-51)48(53)43-41-39-37-35-14-12-10-8-6-4-2/h6,8,14,19-20,22-23,35,41,43,46-48,51-53H,3-5,7,9-13,15-18,21,24-34,36-40,42,44-45H2,1-2H3,(H,50,54)/b8-6+,20-19-,23-22-,35-14+,43-41+. The Hall–Kier alpha value is -1.95. The molecule has 4 N–H and O–H groups in total. The van der Waals surface area contributed by atoms with Gasteiger partial charge in [-0.05, 0) is 70.6 Å². The SMILES string of the molecule is CC/C=C/CC/C=C/CC/C=C/C(O)C(CO)NC(=O)CC(O)CCCCCCCCCCCCCCC/C=C\C/C=C\CCCCCCCCCCC. The third-order valence-electron chi connectivity index (χ3n) is 10.3. The molecule has 0 radical (unpaired) electrons. The Morgan fingerprint density at radius 2 is 0.907 bits per heavy atom. The van der Waals surface area contributed by atoms with Gasteiger partial charge in [-0.1, -0.05) is 203 Å². The molecule has 314 valence electrons. The van der Waals surface area contributed by atoms with E-state index in [0.717, 1.165) is 51.4 Å². The highest BCUT2D eigenvalue weighted by molar-refractivity contribution is 5.76. The fourth-order valence-electron chi connectivity index (χ4n) is 6.76. The molecule has 0 heterocycles. The average molecular weight is 756 g/mol. The number of carbonyl (C=O) groups is 1. The molecule has 0 aromatic carbocycles. The summed E-state index contributed by atoms with van der Waals surface area (Å²) in [6.45, 7) is 4.07. The first-order valence-electron chi connectivity index (χ1n) is 23.1. The van der Waals surface area contributed by atoms with Gasteiger partial charge < -0.3 is 20.6 Å². The van der Waals surface area contributed by atoms with Crippen LogP contribution in [0.5, 0.6) is 0 Å². The minimum Gasteiger partial charge on any atom is -0.394 e. The normalized spacial score (nSPS) is 14.1. The van der Waals surface area contributed by atoms with Crippen LogP contribution in [-0.2, 0) is 4.79 Å². The molecule has 5 heteroatoms. The lowest BCUT2D eigenvalue weighted by Crippen LogP contribution is -2.45. The minimum absolute atomic E-state index is 0.000422. The van der Waals surface area contributed by atoms with E-state index in [2.05, 4.69) is 67.8 Å². The van der Waals surface area contributed by atoms with Gasteiger partial charge in [0.2, 0.25) is 5.91 Å². The van der Waals surface area contributed by atoms with Crippen LogP contribution < -0.4 is 5.32 Å². The number of hydrogen-bond donors (Lipinski definition) is 4. The first-order valence-corrected chi connectivity index (χ1v) is 23.1. The summed E-state index contributed by atoms with van der Waals surface area (Å²) < 4.78 is 0. The van der Waals surface area contributed by atoms with Crippen LogP contribution in [0.25, 0.3) is 0 Å². The van der Waals surface area contributed by atoms with Crippen LogP contribution in [0.3, 0.4) is 0 Å².